The first kappa shape index (κ1) is 11.4. The maximum absolute atomic E-state index is 4.30. The molecular formula is C11H18N2S. The second-order valence-corrected chi connectivity index (χ2v) is 4.51. The van der Waals surface area contributed by atoms with Gasteiger partial charge in [-0.3, -0.25) is 0 Å². The van der Waals surface area contributed by atoms with Crippen molar-refractivity contribution in [2.45, 2.75) is 20.3 Å². The molecule has 1 heterocycles. The second-order valence-electron chi connectivity index (χ2n) is 3.80. The summed E-state index contributed by atoms with van der Waals surface area (Å²) in [6.07, 6.45) is 2.99. The van der Waals surface area contributed by atoms with Gasteiger partial charge in [0.2, 0.25) is 0 Å². The molecule has 1 aromatic rings. The Labute approximate surface area is 90.1 Å². The van der Waals surface area contributed by atoms with E-state index < -0.39 is 0 Å². The highest BCUT2D eigenvalue weighted by Gasteiger charge is 2.20. The summed E-state index contributed by atoms with van der Waals surface area (Å²) < 4.78 is 0. The smallest absolute Gasteiger partial charge is 0.0794 e. The molecule has 0 amide bonds. The van der Waals surface area contributed by atoms with Gasteiger partial charge in [-0.25, -0.2) is 4.98 Å². The fourth-order valence-electron chi connectivity index (χ4n) is 1.36. The third kappa shape index (κ3) is 3.24. The van der Waals surface area contributed by atoms with Crippen molar-refractivity contribution in [2.24, 2.45) is 5.41 Å². The van der Waals surface area contributed by atoms with E-state index in [1.807, 2.05) is 11.6 Å². The highest BCUT2D eigenvalue weighted by molar-refractivity contribution is 7.07. The van der Waals surface area contributed by atoms with Crippen LogP contribution < -0.4 is 5.32 Å². The van der Waals surface area contributed by atoms with Gasteiger partial charge in [-0.1, -0.05) is 19.9 Å². The Hall–Kier alpha value is -0.670. The standard InChI is InChI=1S/C11H18N2S/c1-4-11(3,8-12-5-2)6-10-7-14-9-13-10/h4,7,9,12H,1,5-6,8H2,2-3H3. The van der Waals surface area contributed by atoms with Crippen molar-refractivity contribution in [3.8, 4) is 0 Å². The van der Waals surface area contributed by atoms with E-state index in [9.17, 15) is 0 Å². The molecule has 1 unspecified atom stereocenters. The molecule has 1 atom stereocenters. The van der Waals surface area contributed by atoms with Crippen LogP contribution in [0.4, 0.5) is 0 Å². The van der Waals surface area contributed by atoms with Gasteiger partial charge in [0.05, 0.1) is 11.2 Å². The van der Waals surface area contributed by atoms with Gasteiger partial charge < -0.3 is 5.32 Å². The minimum absolute atomic E-state index is 0.115. The van der Waals surface area contributed by atoms with Crippen LogP contribution in [0.3, 0.4) is 0 Å². The van der Waals surface area contributed by atoms with Crippen LogP contribution >= 0.6 is 11.3 Å². The van der Waals surface area contributed by atoms with Gasteiger partial charge in [-0.2, -0.15) is 0 Å². The van der Waals surface area contributed by atoms with Gasteiger partial charge in [0, 0.05) is 23.8 Å². The summed E-state index contributed by atoms with van der Waals surface area (Å²) in [4.78, 5) is 4.30. The van der Waals surface area contributed by atoms with E-state index >= 15 is 0 Å². The normalized spacial score (nSPS) is 15.0. The van der Waals surface area contributed by atoms with E-state index in [0.717, 1.165) is 25.2 Å². The fourth-order valence-corrected chi connectivity index (χ4v) is 1.91. The molecule has 0 radical (unpaired) electrons. The molecule has 0 spiro atoms. The van der Waals surface area contributed by atoms with Gasteiger partial charge in [0.1, 0.15) is 0 Å². The number of nitrogens with one attached hydrogen (secondary N) is 1. The fraction of sp³-hybridized carbons (Fsp3) is 0.545. The number of thiazole rings is 1. The highest BCUT2D eigenvalue weighted by Crippen LogP contribution is 2.22. The average Bonchev–Trinajstić information content (AvgIpc) is 2.67. The minimum Gasteiger partial charge on any atom is -0.316 e. The lowest BCUT2D eigenvalue weighted by Gasteiger charge is -2.24. The summed E-state index contributed by atoms with van der Waals surface area (Å²) in [7, 11) is 0. The van der Waals surface area contributed by atoms with Crippen LogP contribution in [-0.2, 0) is 6.42 Å². The molecule has 0 aliphatic carbocycles. The Kier molecular flexibility index (Phi) is 4.29. The van der Waals surface area contributed by atoms with Crippen molar-refractivity contribution in [2.75, 3.05) is 13.1 Å². The molecule has 3 heteroatoms. The molecule has 0 saturated heterocycles. The molecule has 1 rings (SSSR count). The van der Waals surface area contributed by atoms with Gasteiger partial charge in [0.25, 0.3) is 0 Å². The molecule has 0 saturated carbocycles. The predicted octanol–water partition coefficient (Wildman–Crippen LogP) is 2.49. The maximum atomic E-state index is 4.30. The molecule has 1 N–H and O–H groups in total. The molecule has 0 aliphatic rings. The Morgan fingerprint density at radius 1 is 1.71 bits per heavy atom. The topological polar surface area (TPSA) is 24.9 Å². The zero-order chi connectivity index (χ0) is 10.4. The Balaban J connectivity index is 2.56. The lowest BCUT2D eigenvalue weighted by molar-refractivity contribution is 0.392. The van der Waals surface area contributed by atoms with Crippen LogP contribution in [0.5, 0.6) is 0 Å². The van der Waals surface area contributed by atoms with E-state index in [0.29, 0.717) is 0 Å². The summed E-state index contributed by atoms with van der Waals surface area (Å²) in [5, 5.41) is 5.46. The van der Waals surface area contributed by atoms with Crippen LogP contribution in [-0.4, -0.2) is 18.1 Å². The van der Waals surface area contributed by atoms with Crippen molar-refractivity contribution in [3.63, 3.8) is 0 Å². The van der Waals surface area contributed by atoms with Crippen molar-refractivity contribution in [1.82, 2.24) is 10.3 Å². The van der Waals surface area contributed by atoms with Gasteiger partial charge >= 0.3 is 0 Å². The second kappa shape index (κ2) is 5.27. The molecule has 0 aliphatic heterocycles. The van der Waals surface area contributed by atoms with E-state index in [1.54, 1.807) is 11.3 Å². The molecule has 0 aromatic carbocycles. The summed E-state index contributed by atoms with van der Waals surface area (Å²) >= 11 is 1.65. The SMILES string of the molecule is C=CC(C)(CNCC)Cc1cscn1. The summed E-state index contributed by atoms with van der Waals surface area (Å²) in [6, 6.07) is 0. The van der Waals surface area contributed by atoms with Crippen LogP contribution in [0, 0.1) is 5.41 Å². The Morgan fingerprint density at radius 2 is 2.50 bits per heavy atom. The van der Waals surface area contributed by atoms with Crippen LogP contribution in [0.1, 0.15) is 19.5 Å². The molecular weight excluding hydrogens is 192 g/mol. The van der Waals surface area contributed by atoms with E-state index in [4.69, 9.17) is 0 Å². The van der Waals surface area contributed by atoms with Gasteiger partial charge in [-0.15, -0.1) is 17.9 Å². The van der Waals surface area contributed by atoms with Crippen molar-refractivity contribution < 1.29 is 0 Å². The monoisotopic (exact) mass is 210 g/mol. The summed E-state index contributed by atoms with van der Waals surface area (Å²) in [5.74, 6) is 0. The van der Waals surface area contributed by atoms with Crippen molar-refractivity contribution in [3.05, 3.63) is 29.2 Å². The van der Waals surface area contributed by atoms with Gasteiger partial charge in [-0.05, 0) is 6.54 Å². The van der Waals surface area contributed by atoms with Crippen LogP contribution in [0.15, 0.2) is 23.5 Å². The number of aromatic nitrogens is 1. The summed E-state index contributed by atoms with van der Waals surface area (Å²) in [5.41, 5.74) is 3.16. The van der Waals surface area contributed by atoms with E-state index in [2.05, 4.69) is 36.1 Å². The van der Waals surface area contributed by atoms with Gasteiger partial charge in [0.15, 0.2) is 0 Å². The zero-order valence-electron chi connectivity index (χ0n) is 8.92. The molecule has 2 nitrogen and oxygen atoms in total. The minimum atomic E-state index is 0.115. The Morgan fingerprint density at radius 3 is 3.00 bits per heavy atom. The number of nitrogens with zero attached hydrogens (tertiary/aromatic N) is 1. The number of hydrogen-bond acceptors (Lipinski definition) is 3. The van der Waals surface area contributed by atoms with Crippen LogP contribution in [0.25, 0.3) is 0 Å². The first-order valence-electron chi connectivity index (χ1n) is 4.91. The first-order chi connectivity index (χ1) is 6.70. The maximum Gasteiger partial charge on any atom is 0.0794 e. The lowest BCUT2D eigenvalue weighted by Crippen LogP contribution is -2.32. The third-order valence-electron chi connectivity index (χ3n) is 2.34. The average molecular weight is 210 g/mol. The largest absolute Gasteiger partial charge is 0.316 e. The lowest BCUT2D eigenvalue weighted by atomic mass is 9.86. The first-order valence-corrected chi connectivity index (χ1v) is 5.86. The predicted molar refractivity (Wildman–Crippen MR) is 62.7 cm³/mol. The molecule has 1 aromatic heterocycles. The van der Waals surface area contributed by atoms with Crippen LogP contribution in [0.2, 0.25) is 0 Å². The Bertz CT molecular complexity index is 269. The molecule has 14 heavy (non-hydrogen) atoms. The number of rotatable bonds is 6. The zero-order valence-corrected chi connectivity index (χ0v) is 9.73. The molecule has 78 valence electrons. The van der Waals surface area contributed by atoms with Crippen molar-refractivity contribution in [1.29, 1.82) is 0 Å². The molecule has 0 fully saturated rings. The van der Waals surface area contributed by atoms with E-state index in [-0.39, 0.29) is 5.41 Å². The van der Waals surface area contributed by atoms with Crippen molar-refractivity contribution >= 4 is 11.3 Å². The molecule has 0 bridgehead atoms. The summed E-state index contributed by atoms with van der Waals surface area (Å²) in [6.45, 7) is 10.2. The quantitative estimate of drug-likeness (QED) is 0.730. The number of hydrogen-bond donors (Lipinski definition) is 1. The highest BCUT2D eigenvalue weighted by atomic mass is 32.1. The van der Waals surface area contributed by atoms with E-state index in [1.165, 1.54) is 0 Å². The third-order valence-corrected chi connectivity index (χ3v) is 2.98.